The third-order valence-corrected chi connectivity index (χ3v) is 4.79. The minimum atomic E-state index is -0.499. The number of benzene rings is 2. The monoisotopic (exact) mass is 381 g/mol. The Morgan fingerprint density at radius 2 is 1.67 bits per heavy atom. The van der Waals surface area contributed by atoms with E-state index >= 15 is 0 Å². The van der Waals surface area contributed by atoms with Gasteiger partial charge in [0.2, 0.25) is 0 Å². The molecule has 27 heavy (non-hydrogen) atoms. The average molecular weight is 381 g/mol. The van der Waals surface area contributed by atoms with Crippen molar-refractivity contribution in [2.75, 3.05) is 13.7 Å². The van der Waals surface area contributed by atoms with Crippen LogP contribution in [0.3, 0.4) is 0 Å². The van der Waals surface area contributed by atoms with E-state index in [4.69, 9.17) is 9.47 Å². The molecule has 0 radical (unpaired) electrons. The Balaban J connectivity index is 1.71. The SMILES string of the molecule is COc1ccc([C@@H](NC(=O)COC(=O)c2cccs2)c2ccccc2)cc1. The topological polar surface area (TPSA) is 64.6 Å². The molecule has 3 aromatic rings. The van der Waals surface area contributed by atoms with Gasteiger partial charge in [0.05, 0.1) is 13.2 Å². The van der Waals surface area contributed by atoms with E-state index in [9.17, 15) is 9.59 Å². The smallest absolute Gasteiger partial charge is 0.348 e. The van der Waals surface area contributed by atoms with Crippen LogP contribution in [0.2, 0.25) is 0 Å². The van der Waals surface area contributed by atoms with Gasteiger partial charge in [0.25, 0.3) is 5.91 Å². The third-order valence-electron chi connectivity index (χ3n) is 3.94. The summed E-state index contributed by atoms with van der Waals surface area (Å²) in [7, 11) is 1.60. The molecule has 5 nitrogen and oxygen atoms in total. The zero-order valence-corrected chi connectivity index (χ0v) is 15.6. The summed E-state index contributed by atoms with van der Waals surface area (Å²) in [6.45, 7) is -0.337. The van der Waals surface area contributed by atoms with Gasteiger partial charge in [-0.15, -0.1) is 11.3 Å². The van der Waals surface area contributed by atoms with Crippen molar-refractivity contribution in [3.05, 3.63) is 88.1 Å². The average Bonchev–Trinajstić information content (AvgIpc) is 3.26. The molecule has 1 amide bonds. The van der Waals surface area contributed by atoms with E-state index in [-0.39, 0.29) is 18.6 Å². The van der Waals surface area contributed by atoms with Crippen LogP contribution in [0.15, 0.2) is 72.1 Å². The van der Waals surface area contributed by atoms with E-state index in [1.165, 1.54) is 11.3 Å². The standard InChI is InChI=1S/C21H19NO4S/c1-25-17-11-9-16(10-12-17)20(15-6-3-2-4-7-15)22-19(23)14-26-21(24)18-8-5-13-27-18/h2-13,20H,14H2,1H3,(H,22,23)/t20-/m0/s1. The Morgan fingerprint density at radius 1 is 0.963 bits per heavy atom. The summed E-state index contributed by atoms with van der Waals surface area (Å²) in [5.41, 5.74) is 1.83. The predicted octanol–water partition coefficient (Wildman–Crippen LogP) is 3.82. The van der Waals surface area contributed by atoms with Crippen molar-refractivity contribution in [3.63, 3.8) is 0 Å². The Kier molecular flexibility index (Phi) is 6.22. The van der Waals surface area contributed by atoms with Gasteiger partial charge in [-0.25, -0.2) is 4.79 Å². The molecule has 1 heterocycles. The van der Waals surface area contributed by atoms with Gasteiger partial charge in [-0.3, -0.25) is 4.79 Å². The molecule has 2 aromatic carbocycles. The van der Waals surface area contributed by atoms with Gasteiger partial charge >= 0.3 is 5.97 Å². The number of rotatable bonds is 7. The first-order valence-corrected chi connectivity index (χ1v) is 9.24. The summed E-state index contributed by atoms with van der Waals surface area (Å²) in [5.74, 6) is -0.132. The predicted molar refractivity (Wildman–Crippen MR) is 104 cm³/mol. The third kappa shape index (κ3) is 4.95. The number of thiophene rings is 1. The number of carbonyl (C=O) groups is 2. The highest BCUT2D eigenvalue weighted by atomic mass is 32.1. The summed E-state index contributed by atoms with van der Waals surface area (Å²) in [5, 5.41) is 4.72. The molecule has 0 aliphatic rings. The van der Waals surface area contributed by atoms with Gasteiger partial charge in [0.15, 0.2) is 6.61 Å². The van der Waals surface area contributed by atoms with Crippen LogP contribution < -0.4 is 10.1 Å². The maximum atomic E-state index is 12.4. The second-order valence-corrected chi connectivity index (χ2v) is 6.69. The second-order valence-electron chi connectivity index (χ2n) is 5.74. The Hall–Kier alpha value is -3.12. The van der Waals surface area contributed by atoms with Crippen molar-refractivity contribution in [2.45, 2.75) is 6.04 Å². The van der Waals surface area contributed by atoms with Gasteiger partial charge in [0, 0.05) is 0 Å². The van der Waals surface area contributed by atoms with Crippen LogP contribution in [-0.2, 0) is 9.53 Å². The summed E-state index contributed by atoms with van der Waals surface area (Å²) in [6, 6.07) is 20.2. The fourth-order valence-corrected chi connectivity index (χ4v) is 3.22. The van der Waals surface area contributed by atoms with E-state index in [0.29, 0.717) is 4.88 Å². The maximum absolute atomic E-state index is 12.4. The highest BCUT2D eigenvalue weighted by Gasteiger charge is 2.18. The molecule has 0 bridgehead atoms. The van der Waals surface area contributed by atoms with Crippen molar-refractivity contribution in [1.82, 2.24) is 5.32 Å². The molecule has 1 aromatic heterocycles. The number of esters is 1. The Morgan fingerprint density at radius 3 is 2.30 bits per heavy atom. The van der Waals surface area contributed by atoms with Crippen molar-refractivity contribution in [1.29, 1.82) is 0 Å². The molecule has 0 fully saturated rings. The zero-order valence-electron chi connectivity index (χ0n) is 14.8. The van der Waals surface area contributed by atoms with Gasteiger partial charge in [-0.1, -0.05) is 48.5 Å². The Bertz CT molecular complexity index is 876. The van der Waals surface area contributed by atoms with Gasteiger partial charge in [-0.2, -0.15) is 0 Å². The first kappa shape index (κ1) is 18.7. The van der Waals surface area contributed by atoms with E-state index in [2.05, 4.69) is 5.32 Å². The maximum Gasteiger partial charge on any atom is 0.348 e. The number of amides is 1. The molecule has 0 aliphatic carbocycles. The number of nitrogens with one attached hydrogen (secondary N) is 1. The van der Waals surface area contributed by atoms with E-state index < -0.39 is 5.97 Å². The van der Waals surface area contributed by atoms with Gasteiger partial charge < -0.3 is 14.8 Å². The van der Waals surface area contributed by atoms with E-state index in [0.717, 1.165) is 16.9 Å². The van der Waals surface area contributed by atoms with Crippen LogP contribution in [0.1, 0.15) is 26.8 Å². The van der Waals surface area contributed by atoms with Gasteiger partial charge in [0.1, 0.15) is 10.6 Å². The molecule has 1 atom stereocenters. The molecule has 138 valence electrons. The Labute approximate surface area is 161 Å². The largest absolute Gasteiger partial charge is 0.497 e. The van der Waals surface area contributed by atoms with Crippen molar-refractivity contribution >= 4 is 23.2 Å². The van der Waals surface area contributed by atoms with Crippen LogP contribution in [0, 0.1) is 0 Å². The number of methoxy groups -OCH3 is 1. The van der Waals surface area contributed by atoms with Gasteiger partial charge in [-0.05, 0) is 34.7 Å². The lowest BCUT2D eigenvalue weighted by Gasteiger charge is -2.20. The second kappa shape index (κ2) is 9.00. The minimum Gasteiger partial charge on any atom is -0.497 e. The lowest BCUT2D eigenvalue weighted by atomic mass is 9.98. The first-order chi connectivity index (χ1) is 13.2. The summed E-state index contributed by atoms with van der Waals surface area (Å²) in [4.78, 5) is 24.8. The minimum absolute atomic E-state index is 0.337. The molecule has 0 spiro atoms. The van der Waals surface area contributed by atoms with Crippen molar-refractivity contribution in [2.24, 2.45) is 0 Å². The summed E-state index contributed by atoms with van der Waals surface area (Å²) in [6.07, 6.45) is 0. The number of hydrogen-bond donors (Lipinski definition) is 1. The van der Waals surface area contributed by atoms with Crippen LogP contribution in [0.5, 0.6) is 5.75 Å². The van der Waals surface area contributed by atoms with Crippen molar-refractivity contribution in [3.8, 4) is 5.75 Å². The summed E-state index contributed by atoms with van der Waals surface area (Å²) < 4.78 is 10.3. The van der Waals surface area contributed by atoms with Crippen LogP contribution >= 0.6 is 11.3 Å². The summed E-state index contributed by atoms with van der Waals surface area (Å²) >= 11 is 1.28. The number of carbonyl (C=O) groups excluding carboxylic acids is 2. The highest BCUT2D eigenvalue weighted by molar-refractivity contribution is 7.11. The molecule has 0 saturated heterocycles. The molecule has 0 aliphatic heterocycles. The lowest BCUT2D eigenvalue weighted by molar-refractivity contribution is -0.124. The lowest BCUT2D eigenvalue weighted by Crippen LogP contribution is -2.33. The van der Waals surface area contributed by atoms with Crippen LogP contribution in [0.4, 0.5) is 0 Å². The fraction of sp³-hybridized carbons (Fsp3) is 0.143. The zero-order chi connectivity index (χ0) is 19.1. The molecule has 3 rings (SSSR count). The molecular weight excluding hydrogens is 362 g/mol. The number of ether oxygens (including phenoxy) is 2. The van der Waals surface area contributed by atoms with E-state index in [1.54, 1.807) is 24.6 Å². The van der Waals surface area contributed by atoms with Crippen LogP contribution in [-0.4, -0.2) is 25.6 Å². The normalized spacial score (nSPS) is 11.4. The van der Waals surface area contributed by atoms with E-state index in [1.807, 2.05) is 54.6 Å². The van der Waals surface area contributed by atoms with Crippen LogP contribution in [0.25, 0.3) is 0 Å². The molecule has 0 unspecified atom stereocenters. The quantitative estimate of drug-likeness (QED) is 0.632. The fourth-order valence-electron chi connectivity index (χ4n) is 2.60. The first-order valence-electron chi connectivity index (χ1n) is 8.36. The molecular formula is C21H19NO4S. The number of hydrogen-bond acceptors (Lipinski definition) is 5. The highest BCUT2D eigenvalue weighted by Crippen LogP contribution is 2.24. The molecule has 1 N–H and O–H groups in total. The van der Waals surface area contributed by atoms with Crippen molar-refractivity contribution < 1.29 is 19.1 Å². The molecule has 6 heteroatoms. The molecule has 0 saturated carbocycles.